The summed E-state index contributed by atoms with van der Waals surface area (Å²) in [6.07, 6.45) is 0. The number of aromatic nitrogens is 1. The number of carboxylic acid groups (broad SMARTS) is 1. The van der Waals surface area contributed by atoms with Crippen molar-refractivity contribution in [3.63, 3.8) is 0 Å². The van der Waals surface area contributed by atoms with Crippen LogP contribution in [-0.4, -0.2) is 15.4 Å². The van der Waals surface area contributed by atoms with Gasteiger partial charge in [-0.1, -0.05) is 23.2 Å². The maximum atomic E-state index is 11.1. The molecule has 2 N–H and O–H groups in total. The summed E-state index contributed by atoms with van der Waals surface area (Å²) in [6, 6.07) is 4.92. The smallest absolute Gasteiger partial charge is 0.340 e. The van der Waals surface area contributed by atoms with E-state index in [1.54, 1.807) is 25.1 Å². The predicted octanol–water partition coefficient (Wildman–Crippen LogP) is 4.20. The largest absolute Gasteiger partial charge is 0.478 e. The molecule has 0 spiro atoms. The first-order valence-corrected chi connectivity index (χ1v) is 6.43. The number of benzene rings is 1. The van der Waals surface area contributed by atoms with Crippen LogP contribution in [0.4, 0.5) is 10.7 Å². The third-order valence-electron chi connectivity index (χ3n) is 2.20. The van der Waals surface area contributed by atoms with Gasteiger partial charge in [-0.2, -0.15) is 4.37 Å². The van der Waals surface area contributed by atoms with Crippen LogP contribution in [0.5, 0.6) is 0 Å². The topological polar surface area (TPSA) is 62.2 Å². The molecule has 1 aromatic carbocycles. The van der Waals surface area contributed by atoms with Crippen LogP contribution in [0.2, 0.25) is 10.0 Å². The van der Waals surface area contributed by atoms with Gasteiger partial charge in [0, 0.05) is 15.7 Å². The summed E-state index contributed by atoms with van der Waals surface area (Å²) in [4.78, 5) is 11.1. The fourth-order valence-corrected chi connectivity index (χ4v) is 2.80. The van der Waals surface area contributed by atoms with Gasteiger partial charge in [0.25, 0.3) is 0 Å². The molecule has 0 radical (unpaired) electrons. The van der Waals surface area contributed by atoms with Crippen LogP contribution < -0.4 is 5.32 Å². The number of nitrogens with zero attached hydrogens (tertiary/aromatic N) is 1. The number of nitrogens with one attached hydrogen (secondary N) is 1. The molecule has 0 unspecified atom stereocenters. The Labute approximate surface area is 117 Å². The molecule has 94 valence electrons. The van der Waals surface area contributed by atoms with Crippen molar-refractivity contribution in [2.75, 3.05) is 5.32 Å². The van der Waals surface area contributed by atoms with Crippen LogP contribution in [-0.2, 0) is 0 Å². The van der Waals surface area contributed by atoms with E-state index in [0.29, 0.717) is 26.4 Å². The number of carboxylic acids is 1. The van der Waals surface area contributed by atoms with Crippen LogP contribution in [0.1, 0.15) is 16.1 Å². The van der Waals surface area contributed by atoms with Gasteiger partial charge in [0.05, 0.1) is 5.69 Å². The second kappa shape index (κ2) is 5.14. The molecule has 2 aromatic rings. The summed E-state index contributed by atoms with van der Waals surface area (Å²) in [6.45, 7) is 1.65. The third kappa shape index (κ3) is 2.75. The molecular weight excluding hydrogens is 295 g/mol. The maximum absolute atomic E-state index is 11.1. The molecule has 0 aliphatic heterocycles. The Morgan fingerprint density at radius 3 is 2.50 bits per heavy atom. The summed E-state index contributed by atoms with van der Waals surface area (Å²) in [5.74, 6) is -1.02. The number of aryl methyl sites for hydroxylation is 1. The molecule has 0 aliphatic rings. The second-order valence-electron chi connectivity index (χ2n) is 3.56. The molecule has 1 heterocycles. The monoisotopic (exact) mass is 302 g/mol. The third-order valence-corrected chi connectivity index (χ3v) is 3.49. The molecule has 2 rings (SSSR count). The Bertz CT molecular complexity index is 593. The van der Waals surface area contributed by atoms with Crippen LogP contribution >= 0.6 is 34.7 Å². The highest BCUT2D eigenvalue weighted by molar-refractivity contribution is 7.10. The molecular formula is C11H8Cl2N2O2S. The summed E-state index contributed by atoms with van der Waals surface area (Å²) in [7, 11) is 0. The number of hydrogen-bond acceptors (Lipinski definition) is 4. The SMILES string of the molecule is Cc1nsc(Nc2cc(Cl)cc(Cl)c2)c1C(=O)O. The fraction of sp³-hybridized carbons (Fsp3) is 0.0909. The Hall–Kier alpha value is -1.30. The molecule has 4 nitrogen and oxygen atoms in total. The van der Waals surface area contributed by atoms with E-state index >= 15 is 0 Å². The summed E-state index contributed by atoms with van der Waals surface area (Å²) >= 11 is 12.8. The maximum Gasteiger partial charge on any atom is 0.340 e. The Kier molecular flexibility index (Phi) is 3.75. The van der Waals surface area contributed by atoms with Gasteiger partial charge in [0.1, 0.15) is 10.6 Å². The van der Waals surface area contributed by atoms with Crippen LogP contribution in [0.25, 0.3) is 0 Å². The van der Waals surface area contributed by atoms with Crippen LogP contribution in [0.3, 0.4) is 0 Å². The normalized spacial score (nSPS) is 10.4. The number of hydrogen-bond donors (Lipinski definition) is 2. The number of aromatic carboxylic acids is 1. The van der Waals surface area contributed by atoms with Crippen molar-refractivity contribution >= 4 is 51.4 Å². The minimum atomic E-state index is -1.02. The minimum absolute atomic E-state index is 0.163. The van der Waals surface area contributed by atoms with Crippen molar-refractivity contribution in [2.45, 2.75) is 6.92 Å². The highest BCUT2D eigenvalue weighted by Crippen LogP contribution is 2.30. The quantitative estimate of drug-likeness (QED) is 0.892. The zero-order chi connectivity index (χ0) is 13.3. The van der Waals surface area contributed by atoms with Gasteiger partial charge in [0.2, 0.25) is 0 Å². The molecule has 1 aromatic heterocycles. The lowest BCUT2D eigenvalue weighted by molar-refractivity contribution is 0.0697. The molecule has 0 saturated heterocycles. The van der Waals surface area contributed by atoms with Crippen molar-refractivity contribution in [3.8, 4) is 0 Å². The molecule has 7 heteroatoms. The lowest BCUT2D eigenvalue weighted by Crippen LogP contribution is -2.01. The average molecular weight is 303 g/mol. The van der Waals surface area contributed by atoms with Crippen molar-refractivity contribution < 1.29 is 9.90 Å². The van der Waals surface area contributed by atoms with Crippen molar-refractivity contribution in [1.82, 2.24) is 4.37 Å². The lowest BCUT2D eigenvalue weighted by atomic mass is 10.2. The van der Waals surface area contributed by atoms with E-state index in [0.717, 1.165) is 11.5 Å². The van der Waals surface area contributed by atoms with Crippen molar-refractivity contribution in [3.05, 3.63) is 39.5 Å². The molecule has 0 bridgehead atoms. The first kappa shape index (κ1) is 13.1. The average Bonchev–Trinajstić information content (AvgIpc) is 2.57. The first-order valence-electron chi connectivity index (χ1n) is 4.90. The second-order valence-corrected chi connectivity index (χ2v) is 5.21. The van der Waals surface area contributed by atoms with Crippen molar-refractivity contribution in [1.29, 1.82) is 0 Å². The van der Waals surface area contributed by atoms with E-state index in [1.807, 2.05) is 0 Å². The van der Waals surface area contributed by atoms with Gasteiger partial charge < -0.3 is 10.4 Å². The molecule has 0 fully saturated rings. The van der Waals surface area contributed by atoms with Gasteiger partial charge in [-0.05, 0) is 36.7 Å². The minimum Gasteiger partial charge on any atom is -0.478 e. The number of halogens is 2. The van der Waals surface area contributed by atoms with E-state index < -0.39 is 5.97 Å². The zero-order valence-electron chi connectivity index (χ0n) is 9.20. The first-order chi connectivity index (χ1) is 8.47. The number of rotatable bonds is 3. The van der Waals surface area contributed by atoms with Gasteiger partial charge in [0.15, 0.2) is 0 Å². The highest BCUT2D eigenvalue weighted by Gasteiger charge is 2.17. The van der Waals surface area contributed by atoms with Gasteiger partial charge >= 0.3 is 5.97 Å². The number of anilines is 2. The number of carbonyl (C=O) groups is 1. The fourth-order valence-electron chi connectivity index (χ4n) is 1.46. The standard InChI is InChI=1S/C11H8Cl2N2O2S/c1-5-9(11(16)17)10(18-15-5)14-8-3-6(12)2-7(13)4-8/h2-4,14H,1H3,(H,16,17). The van der Waals surface area contributed by atoms with Gasteiger partial charge in [-0.15, -0.1) is 0 Å². The van der Waals surface area contributed by atoms with E-state index in [2.05, 4.69) is 9.69 Å². The van der Waals surface area contributed by atoms with Crippen LogP contribution in [0.15, 0.2) is 18.2 Å². The van der Waals surface area contributed by atoms with E-state index in [4.69, 9.17) is 28.3 Å². The molecule has 0 saturated carbocycles. The lowest BCUT2D eigenvalue weighted by Gasteiger charge is -2.06. The Morgan fingerprint density at radius 2 is 1.94 bits per heavy atom. The Balaban J connectivity index is 2.37. The van der Waals surface area contributed by atoms with E-state index in [9.17, 15) is 4.79 Å². The van der Waals surface area contributed by atoms with E-state index in [-0.39, 0.29) is 5.56 Å². The van der Waals surface area contributed by atoms with Crippen molar-refractivity contribution in [2.24, 2.45) is 0 Å². The molecule has 18 heavy (non-hydrogen) atoms. The highest BCUT2D eigenvalue weighted by atomic mass is 35.5. The molecule has 0 amide bonds. The Morgan fingerprint density at radius 1 is 1.33 bits per heavy atom. The van der Waals surface area contributed by atoms with Gasteiger partial charge in [-0.25, -0.2) is 4.79 Å². The molecule has 0 aliphatic carbocycles. The van der Waals surface area contributed by atoms with Gasteiger partial charge in [-0.3, -0.25) is 0 Å². The summed E-state index contributed by atoms with van der Waals surface area (Å²) in [5, 5.41) is 13.5. The molecule has 0 atom stereocenters. The van der Waals surface area contributed by atoms with Crippen LogP contribution in [0, 0.1) is 6.92 Å². The summed E-state index contributed by atoms with van der Waals surface area (Å²) < 4.78 is 4.01. The van der Waals surface area contributed by atoms with E-state index in [1.165, 1.54) is 0 Å². The predicted molar refractivity (Wildman–Crippen MR) is 73.6 cm³/mol. The summed E-state index contributed by atoms with van der Waals surface area (Å²) in [5.41, 5.74) is 1.26. The zero-order valence-corrected chi connectivity index (χ0v) is 11.5.